The molecule has 33 heavy (non-hydrogen) atoms. The highest BCUT2D eigenvalue weighted by molar-refractivity contribution is 6.31. The molecule has 0 spiro atoms. The molecule has 1 unspecified atom stereocenters. The van der Waals surface area contributed by atoms with Crippen LogP contribution >= 0.6 is 23.2 Å². The molecule has 3 aliphatic rings. The van der Waals surface area contributed by atoms with Crippen molar-refractivity contribution in [1.82, 2.24) is 10.7 Å². The highest BCUT2D eigenvalue weighted by atomic mass is 35.5. The zero-order valence-corrected chi connectivity index (χ0v) is 20.6. The summed E-state index contributed by atoms with van der Waals surface area (Å²) in [4.78, 5) is 13.1. The van der Waals surface area contributed by atoms with E-state index in [-0.39, 0.29) is 41.3 Å². The van der Waals surface area contributed by atoms with E-state index in [0.717, 1.165) is 35.4 Å². The molecule has 2 heterocycles. The van der Waals surface area contributed by atoms with Gasteiger partial charge in [0.1, 0.15) is 0 Å². The average molecular weight is 486 g/mol. The predicted octanol–water partition coefficient (Wildman–Crippen LogP) is 6.14. The molecule has 2 aromatic carbocycles. The molecule has 1 aliphatic carbocycles. The number of nitrogens with one attached hydrogen (secondary N) is 2. The molecule has 5 nitrogen and oxygen atoms in total. The Kier molecular flexibility index (Phi) is 5.82. The quantitative estimate of drug-likeness (QED) is 0.546. The molecule has 2 aromatic rings. The molecule has 2 fully saturated rings. The Labute approximate surface area is 204 Å². The lowest BCUT2D eigenvalue weighted by Crippen LogP contribution is -2.43. The SMILES string of the molecule is CC[C@@]12CC[C@@H](c3ccc(C4NN=C(C)O4)cc3Cl)[C@H](c3ccc(Cl)cc3)[C@@H]1[C@@H](C)NC2=O. The number of ether oxygens (including phenoxy) is 1. The molecule has 1 amide bonds. The van der Waals surface area contributed by atoms with Crippen molar-refractivity contribution in [2.45, 2.75) is 64.1 Å². The van der Waals surface area contributed by atoms with Crippen LogP contribution in [0.5, 0.6) is 0 Å². The first-order valence-electron chi connectivity index (χ1n) is 11.7. The number of rotatable bonds is 4. The smallest absolute Gasteiger partial charge is 0.226 e. The number of hydrogen-bond acceptors (Lipinski definition) is 4. The van der Waals surface area contributed by atoms with E-state index in [0.29, 0.717) is 10.9 Å². The van der Waals surface area contributed by atoms with Crippen LogP contribution in [-0.2, 0) is 9.53 Å². The molecular weight excluding hydrogens is 457 g/mol. The second kappa shape index (κ2) is 8.52. The van der Waals surface area contributed by atoms with Crippen LogP contribution in [0.3, 0.4) is 0 Å². The van der Waals surface area contributed by atoms with Gasteiger partial charge in [0, 0.05) is 34.5 Å². The van der Waals surface area contributed by atoms with Crippen molar-refractivity contribution in [1.29, 1.82) is 0 Å². The fourth-order valence-corrected chi connectivity index (χ4v) is 6.87. The maximum absolute atomic E-state index is 13.1. The number of nitrogens with zero attached hydrogens (tertiary/aromatic N) is 1. The van der Waals surface area contributed by atoms with Crippen molar-refractivity contribution in [3.63, 3.8) is 0 Å². The summed E-state index contributed by atoms with van der Waals surface area (Å²) in [6.07, 6.45) is 2.27. The number of amides is 1. The van der Waals surface area contributed by atoms with Crippen molar-refractivity contribution < 1.29 is 9.53 Å². The minimum atomic E-state index is -0.344. The summed E-state index contributed by atoms with van der Waals surface area (Å²) >= 11 is 13.1. The first-order chi connectivity index (χ1) is 15.8. The largest absolute Gasteiger partial charge is 0.451 e. The minimum absolute atomic E-state index is 0.0928. The molecule has 5 rings (SSSR count). The lowest BCUT2D eigenvalue weighted by atomic mass is 9.54. The number of fused-ring (bicyclic) bond motifs is 1. The third-order valence-electron chi connectivity index (χ3n) is 7.95. The van der Waals surface area contributed by atoms with Crippen molar-refractivity contribution in [2.75, 3.05) is 0 Å². The number of hydrogen-bond donors (Lipinski definition) is 2. The molecule has 6 atom stereocenters. The van der Waals surface area contributed by atoms with Crippen LogP contribution < -0.4 is 10.7 Å². The standard InChI is InChI=1S/C26H29Cl2N3O2/c1-4-26-12-11-20(19-10-7-17(13-21(19)28)24-31-30-15(3)33-24)22(16-5-8-18(27)9-6-16)23(26)14(2)29-25(26)32/h5-10,13-14,20,22-24,31H,4,11-12H2,1-3H3,(H,29,32)/t14-,20+,22+,23+,24?,26-/m1/s1. The summed E-state index contributed by atoms with van der Waals surface area (Å²) in [6, 6.07) is 14.4. The summed E-state index contributed by atoms with van der Waals surface area (Å²) < 4.78 is 5.72. The Balaban J connectivity index is 1.56. The second-order valence-electron chi connectivity index (χ2n) is 9.56. The predicted molar refractivity (Wildman–Crippen MR) is 132 cm³/mol. The highest BCUT2D eigenvalue weighted by Crippen LogP contribution is 2.60. The molecule has 0 radical (unpaired) electrons. The van der Waals surface area contributed by atoms with Crippen LogP contribution in [0.4, 0.5) is 0 Å². The van der Waals surface area contributed by atoms with E-state index >= 15 is 0 Å². The maximum atomic E-state index is 13.1. The van der Waals surface area contributed by atoms with Crippen LogP contribution in [0.1, 0.15) is 74.8 Å². The van der Waals surface area contributed by atoms with Gasteiger partial charge in [0.05, 0.1) is 5.41 Å². The third kappa shape index (κ3) is 3.70. The number of halogens is 2. The van der Waals surface area contributed by atoms with Crippen LogP contribution in [0.25, 0.3) is 0 Å². The molecule has 2 N–H and O–H groups in total. The van der Waals surface area contributed by atoms with Gasteiger partial charge in [-0.1, -0.05) is 54.4 Å². The van der Waals surface area contributed by atoms with Crippen molar-refractivity contribution in [3.8, 4) is 0 Å². The molecule has 0 aromatic heterocycles. The topological polar surface area (TPSA) is 62.7 Å². The monoisotopic (exact) mass is 485 g/mol. The summed E-state index contributed by atoms with van der Waals surface area (Å²) in [5.41, 5.74) is 5.92. The number of carbonyl (C=O) groups is 1. The van der Waals surface area contributed by atoms with Gasteiger partial charge in [-0.05, 0) is 67.3 Å². The van der Waals surface area contributed by atoms with E-state index in [1.807, 2.05) is 25.1 Å². The number of hydrazone groups is 1. The summed E-state index contributed by atoms with van der Waals surface area (Å²) in [5.74, 6) is 1.34. The van der Waals surface area contributed by atoms with Gasteiger partial charge in [0.25, 0.3) is 0 Å². The molecule has 174 valence electrons. The number of carbonyl (C=O) groups excluding carboxylic acids is 1. The van der Waals surface area contributed by atoms with Crippen LogP contribution in [0.2, 0.25) is 10.0 Å². The molecule has 1 saturated carbocycles. The Morgan fingerprint density at radius 3 is 2.52 bits per heavy atom. The molecule has 0 bridgehead atoms. The van der Waals surface area contributed by atoms with Crippen molar-refractivity contribution in [2.24, 2.45) is 16.4 Å². The summed E-state index contributed by atoms with van der Waals surface area (Å²) in [5, 5.41) is 8.81. The van der Waals surface area contributed by atoms with Crippen LogP contribution in [0, 0.1) is 11.3 Å². The lowest BCUT2D eigenvalue weighted by Gasteiger charge is -2.47. The van der Waals surface area contributed by atoms with E-state index in [1.54, 1.807) is 0 Å². The normalized spacial score (nSPS) is 33.1. The zero-order valence-electron chi connectivity index (χ0n) is 19.1. The van der Waals surface area contributed by atoms with Gasteiger partial charge < -0.3 is 10.1 Å². The summed E-state index contributed by atoms with van der Waals surface area (Å²) in [6.45, 7) is 6.10. The van der Waals surface area contributed by atoms with Crippen molar-refractivity contribution >= 4 is 35.0 Å². The zero-order chi connectivity index (χ0) is 23.3. The fourth-order valence-electron chi connectivity index (χ4n) is 6.42. The minimum Gasteiger partial charge on any atom is -0.451 e. The van der Waals surface area contributed by atoms with Gasteiger partial charge in [-0.25, -0.2) is 0 Å². The van der Waals surface area contributed by atoms with E-state index < -0.39 is 0 Å². The Bertz CT molecular complexity index is 1100. The van der Waals surface area contributed by atoms with E-state index in [4.69, 9.17) is 27.9 Å². The van der Waals surface area contributed by atoms with Crippen LogP contribution in [0.15, 0.2) is 47.6 Å². The average Bonchev–Trinajstić information content (AvgIpc) is 3.35. The van der Waals surface area contributed by atoms with Gasteiger partial charge in [0.2, 0.25) is 18.0 Å². The Morgan fingerprint density at radius 2 is 1.88 bits per heavy atom. The van der Waals surface area contributed by atoms with E-state index in [2.05, 4.69) is 54.0 Å². The first-order valence-corrected chi connectivity index (χ1v) is 12.4. The van der Waals surface area contributed by atoms with Gasteiger partial charge in [0.15, 0.2) is 0 Å². The van der Waals surface area contributed by atoms with Gasteiger partial charge >= 0.3 is 0 Å². The highest BCUT2D eigenvalue weighted by Gasteiger charge is 2.59. The Hall–Kier alpha value is -2.24. The Morgan fingerprint density at radius 1 is 1.15 bits per heavy atom. The molecule has 1 saturated heterocycles. The maximum Gasteiger partial charge on any atom is 0.226 e. The van der Waals surface area contributed by atoms with Crippen molar-refractivity contribution in [3.05, 3.63) is 69.2 Å². The van der Waals surface area contributed by atoms with Gasteiger partial charge in [-0.3, -0.25) is 10.2 Å². The fraction of sp³-hybridized carbons (Fsp3) is 0.462. The van der Waals surface area contributed by atoms with E-state index in [9.17, 15) is 4.79 Å². The van der Waals surface area contributed by atoms with Gasteiger partial charge in [-0.15, -0.1) is 5.10 Å². The second-order valence-corrected chi connectivity index (χ2v) is 10.4. The summed E-state index contributed by atoms with van der Waals surface area (Å²) in [7, 11) is 0. The molecular formula is C26H29Cl2N3O2. The van der Waals surface area contributed by atoms with E-state index in [1.165, 1.54) is 5.56 Å². The number of benzene rings is 2. The van der Waals surface area contributed by atoms with Gasteiger partial charge in [-0.2, -0.15) is 0 Å². The third-order valence-corrected chi connectivity index (χ3v) is 8.53. The first kappa shape index (κ1) is 22.5. The van der Waals surface area contributed by atoms with Crippen LogP contribution in [-0.4, -0.2) is 17.8 Å². The molecule has 7 heteroatoms. The molecule has 2 aliphatic heterocycles. The lowest BCUT2D eigenvalue weighted by molar-refractivity contribution is -0.131.